The van der Waals surface area contributed by atoms with Gasteiger partial charge in [0.1, 0.15) is 0 Å². The Kier molecular flexibility index (Phi) is 4.72. The number of piperidine rings is 1. The highest BCUT2D eigenvalue weighted by molar-refractivity contribution is 7.09. The quantitative estimate of drug-likeness (QED) is 0.784. The van der Waals surface area contributed by atoms with Gasteiger partial charge in [-0.05, 0) is 26.4 Å². The van der Waals surface area contributed by atoms with Crippen molar-refractivity contribution in [3.05, 3.63) is 16.1 Å². The molecule has 0 aromatic carbocycles. The SMILES string of the molecule is COC(=O)CCc1csc(C2CCCN(C)C2)n1. The summed E-state index contributed by atoms with van der Waals surface area (Å²) in [6.07, 6.45) is 3.59. The number of hydrogen-bond acceptors (Lipinski definition) is 5. The van der Waals surface area contributed by atoms with Crippen molar-refractivity contribution in [3.63, 3.8) is 0 Å². The summed E-state index contributed by atoms with van der Waals surface area (Å²) in [5, 5.41) is 3.30. The van der Waals surface area contributed by atoms with Gasteiger partial charge in [-0.25, -0.2) is 4.98 Å². The fraction of sp³-hybridized carbons (Fsp3) is 0.692. The minimum absolute atomic E-state index is 0.165. The Hall–Kier alpha value is -0.940. The lowest BCUT2D eigenvalue weighted by atomic mass is 9.99. The predicted octanol–water partition coefficient (Wildman–Crippen LogP) is 2.06. The predicted molar refractivity (Wildman–Crippen MR) is 71.9 cm³/mol. The second-order valence-corrected chi connectivity index (χ2v) is 5.74. The maximum atomic E-state index is 11.1. The number of methoxy groups -OCH3 is 1. The van der Waals surface area contributed by atoms with Gasteiger partial charge < -0.3 is 9.64 Å². The standard InChI is InChI=1S/C13H20N2O2S/c1-15-7-3-4-10(8-15)13-14-11(9-18-13)5-6-12(16)17-2/h9-10H,3-8H2,1-2H3. The zero-order valence-electron chi connectivity index (χ0n) is 11.0. The van der Waals surface area contributed by atoms with Crippen LogP contribution in [-0.2, 0) is 16.0 Å². The topological polar surface area (TPSA) is 42.4 Å². The molecule has 4 nitrogen and oxygen atoms in total. The monoisotopic (exact) mass is 268 g/mol. The molecule has 1 unspecified atom stereocenters. The van der Waals surface area contributed by atoms with Gasteiger partial charge in [0.05, 0.1) is 24.2 Å². The average molecular weight is 268 g/mol. The summed E-state index contributed by atoms with van der Waals surface area (Å²) in [5.41, 5.74) is 1.02. The minimum atomic E-state index is -0.165. The summed E-state index contributed by atoms with van der Waals surface area (Å²) in [4.78, 5) is 18.1. The van der Waals surface area contributed by atoms with E-state index in [0.717, 1.165) is 12.2 Å². The van der Waals surface area contributed by atoms with Crippen LogP contribution < -0.4 is 0 Å². The van der Waals surface area contributed by atoms with Crippen LogP contribution in [0.15, 0.2) is 5.38 Å². The molecule has 1 saturated heterocycles. The first-order chi connectivity index (χ1) is 8.69. The molecule has 0 radical (unpaired) electrons. The Bertz CT molecular complexity index is 405. The lowest BCUT2D eigenvalue weighted by molar-refractivity contribution is -0.140. The Balaban J connectivity index is 1.91. The van der Waals surface area contributed by atoms with Crippen LogP contribution in [0.25, 0.3) is 0 Å². The molecule has 1 atom stereocenters. The molecule has 1 aromatic rings. The van der Waals surface area contributed by atoms with Gasteiger partial charge in [-0.15, -0.1) is 11.3 Å². The molecular weight excluding hydrogens is 248 g/mol. The summed E-state index contributed by atoms with van der Waals surface area (Å²) in [6.45, 7) is 2.29. The fourth-order valence-corrected chi connectivity index (χ4v) is 3.31. The molecule has 2 heterocycles. The van der Waals surface area contributed by atoms with Crippen molar-refractivity contribution in [2.45, 2.75) is 31.6 Å². The van der Waals surface area contributed by atoms with Gasteiger partial charge >= 0.3 is 5.97 Å². The molecule has 0 amide bonds. The number of aromatic nitrogens is 1. The van der Waals surface area contributed by atoms with Gasteiger partial charge in [0.25, 0.3) is 0 Å². The normalized spacial score (nSPS) is 20.9. The molecule has 5 heteroatoms. The molecule has 0 spiro atoms. The first-order valence-electron chi connectivity index (χ1n) is 6.38. The number of carbonyl (C=O) groups is 1. The van der Waals surface area contributed by atoms with Crippen LogP contribution in [0.1, 0.15) is 35.9 Å². The molecule has 18 heavy (non-hydrogen) atoms. The number of rotatable bonds is 4. The number of hydrogen-bond donors (Lipinski definition) is 0. The van der Waals surface area contributed by atoms with E-state index in [1.54, 1.807) is 11.3 Å². The number of aryl methyl sites for hydroxylation is 1. The van der Waals surface area contributed by atoms with Crippen molar-refractivity contribution in [1.29, 1.82) is 0 Å². The van der Waals surface area contributed by atoms with E-state index in [-0.39, 0.29) is 5.97 Å². The van der Waals surface area contributed by atoms with Gasteiger partial charge in [0.15, 0.2) is 0 Å². The molecule has 1 aliphatic heterocycles. The molecule has 0 N–H and O–H groups in total. The Morgan fingerprint density at radius 3 is 3.22 bits per heavy atom. The van der Waals surface area contributed by atoms with E-state index >= 15 is 0 Å². The highest BCUT2D eigenvalue weighted by Crippen LogP contribution is 2.28. The molecule has 1 aliphatic rings. The number of carbonyl (C=O) groups excluding carboxylic acids is 1. The van der Waals surface area contributed by atoms with Gasteiger partial charge in [-0.3, -0.25) is 4.79 Å². The second-order valence-electron chi connectivity index (χ2n) is 4.85. The molecule has 0 saturated carbocycles. The van der Waals surface area contributed by atoms with E-state index in [9.17, 15) is 4.79 Å². The molecule has 1 aromatic heterocycles. The lowest BCUT2D eigenvalue weighted by Gasteiger charge is -2.28. The highest BCUT2D eigenvalue weighted by Gasteiger charge is 2.21. The average Bonchev–Trinajstić information content (AvgIpc) is 2.84. The van der Waals surface area contributed by atoms with Gasteiger partial charge in [0, 0.05) is 24.3 Å². The third-order valence-electron chi connectivity index (χ3n) is 3.36. The maximum absolute atomic E-state index is 11.1. The van der Waals surface area contributed by atoms with Crippen LogP contribution in [0.5, 0.6) is 0 Å². The van der Waals surface area contributed by atoms with E-state index < -0.39 is 0 Å². The highest BCUT2D eigenvalue weighted by atomic mass is 32.1. The van der Waals surface area contributed by atoms with Crippen LogP contribution >= 0.6 is 11.3 Å². The summed E-state index contributed by atoms with van der Waals surface area (Å²) >= 11 is 1.73. The van der Waals surface area contributed by atoms with Gasteiger partial charge in [-0.1, -0.05) is 0 Å². The van der Waals surface area contributed by atoms with E-state index in [4.69, 9.17) is 0 Å². The first kappa shape index (κ1) is 13.5. The van der Waals surface area contributed by atoms with E-state index in [1.807, 2.05) is 0 Å². The van der Waals surface area contributed by atoms with Crippen molar-refractivity contribution in [1.82, 2.24) is 9.88 Å². The number of ether oxygens (including phenoxy) is 1. The molecular formula is C13H20N2O2S. The van der Waals surface area contributed by atoms with Crippen LogP contribution in [0.3, 0.4) is 0 Å². The fourth-order valence-electron chi connectivity index (χ4n) is 2.33. The lowest BCUT2D eigenvalue weighted by Crippen LogP contribution is -2.30. The Labute approximate surface area is 112 Å². The molecule has 2 rings (SSSR count). The van der Waals surface area contributed by atoms with E-state index in [1.165, 1.54) is 31.5 Å². The summed E-state index contributed by atoms with van der Waals surface area (Å²) in [6, 6.07) is 0. The minimum Gasteiger partial charge on any atom is -0.469 e. The maximum Gasteiger partial charge on any atom is 0.305 e. The summed E-state index contributed by atoms with van der Waals surface area (Å²) < 4.78 is 4.64. The largest absolute Gasteiger partial charge is 0.469 e. The van der Waals surface area contributed by atoms with Crippen molar-refractivity contribution in [2.75, 3.05) is 27.2 Å². The van der Waals surface area contributed by atoms with E-state index in [0.29, 0.717) is 18.8 Å². The Morgan fingerprint density at radius 1 is 1.67 bits per heavy atom. The number of thiazole rings is 1. The zero-order chi connectivity index (χ0) is 13.0. The summed E-state index contributed by atoms with van der Waals surface area (Å²) in [5.74, 6) is 0.405. The van der Waals surface area contributed by atoms with Gasteiger partial charge in [0.2, 0.25) is 0 Å². The number of likely N-dealkylation sites (N-methyl/N-ethyl adjacent to an activating group) is 1. The summed E-state index contributed by atoms with van der Waals surface area (Å²) in [7, 11) is 3.59. The van der Waals surface area contributed by atoms with Crippen LogP contribution in [0.2, 0.25) is 0 Å². The number of esters is 1. The second kappa shape index (κ2) is 6.29. The smallest absolute Gasteiger partial charge is 0.305 e. The Morgan fingerprint density at radius 2 is 2.50 bits per heavy atom. The van der Waals surface area contributed by atoms with Crippen molar-refractivity contribution in [2.24, 2.45) is 0 Å². The zero-order valence-corrected chi connectivity index (χ0v) is 11.8. The van der Waals surface area contributed by atoms with E-state index in [2.05, 4.69) is 27.0 Å². The van der Waals surface area contributed by atoms with Crippen LogP contribution in [0.4, 0.5) is 0 Å². The molecule has 0 aliphatic carbocycles. The molecule has 100 valence electrons. The third-order valence-corrected chi connectivity index (χ3v) is 4.41. The number of likely N-dealkylation sites (tertiary alicyclic amines) is 1. The number of nitrogens with zero attached hydrogens (tertiary/aromatic N) is 2. The van der Waals surface area contributed by atoms with Crippen molar-refractivity contribution in [3.8, 4) is 0 Å². The van der Waals surface area contributed by atoms with Crippen LogP contribution in [-0.4, -0.2) is 43.1 Å². The van der Waals surface area contributed by atoms with Crippen molar-refractivity contribution < 1.29 is 9.53 Å². The first-order valence-corrected chi connectivity index (χ1v) is 7.26. The van der Waals surface area contributed by atoms with Crippen LogP contribution in [0, 0.1) is 0 Å². The third kappa shape index (κ3) is 3.53. The van der Waals surface area contributed by atoms with Gasteiger partial charge in [-0.2, -0.15) is 0 Å². The van der Waals surface area contributed by atoms with Crippen molar-refractivity contribution >= 4 is 17.3 Å². The molecule has 0 bridgehead atoms. The molecule has 1 fully saturated rings.